The van der Waals surface area contributed by atoms with Gasteiger partial charge < -0.3 is 5.11 Å². The van der Waals surface area contributed by atoms with Gasteiger partial charge >= 0.3 is 0 Å². The van der Waals surface area contributed by atoms with Gasteiger partial charge in [0.05, 0.1) is 0 Å². The number of aryl methyl sites for hydroxylation is 2. The SMILES string of the molecule is Cc1ccc(C(O)c2cccnc2C)cc1Cl. The van der Waals surface area contributed by atoms with Crippen LogP contribution in [-0.2, 0) is 0 Å². The van der Waals surface area contributed by atoms with Crippen LogP contribution in [0.15, 0.2) is 36.5 Å². The zero-order valence-corrected chi connectivity index (χ0v) is 10.6. The summed E-state index contributed by atoms with van der Waals surface area (Å²) < 4.78 is 0. The molecule has 0 saturated heterocycles. The quantitative estimate of drug-likeness (QED) is 0.882. The molecule has 1 heterocycles. The first-order valence-electron chi connectivity index (χ1n) is 5.45. The lowest BCUT2D eigenvalue weighted by Gasteiger charge is -2.14. The van der Waals surface area contributed by atoms with Crippen LogP contribution in [0.2, 0.25) is 5.02 Å². The van der Waals surface area contributed by atoms with Crippen molar-refractivity contribution < 1.29 is 5.11 Å². The third-order valence-corrected chi connectivity index (χ3v) is 3.26. The van der Waals surface area contributed by atoms with Crippen molar-refractivity contribution in [1.29, 1.82) is 0 Å². The smallest absolute Gasteiger partial charge is 0.106 e. The fourth-order valence-corrected chi connectivity index (χ4v) is 1.93. The van der Waals surface area contributed by atoms with Crippen LogP contribution >= 0.6 is 11.6 Å². The van der Waals surface area contributed by atoms with Crippen molar-refractivity contribution in [2.75, 3.05) is 0 Å². The van der Waals surface area contributed by atoms with Crippen LogP contribution in [0.25, 0.3) is 0 Å². The number of hydrogen-bond acceptors (Lipinski definition) is 2. The van der Waals surface area contributed by atoms with Crippen LogP contribution in [0, 0.1) is 13.8 Å². The molecule has 0 saturated carbocycles. The monoisotopic (exact) mass is 247 g/mol. The van der Waals surface area contributed by atoms with Crippen LogP contribution < -0.4 is 0 Å². The van der Waals surface area contributed by atoms with Gasteiger partial charge in [-0.1, -0.05) is 29.8 Å². The second-order valence-corrected chi connectivity index (χ2v) is 4.50. The summed E-state index contributed by atoms with van der Waals surface area (Å²) in [6.07, 6.45) is 1.04. The molecular weight excluding hydrogens is 234 g/mol. The third kappa shape index (κ3) is 2.48. The van der Waals surface area contributed by atoms with E-state index in [1.54, 1.807) is 12.3 Å². The second-order valence-electron chi connectivity index (χ2n) is 4.09. The van der Waals surface area contributed by atoms with Gasteiger partial charge in [0.1, 0.15) is 6.10 Å². The number of benzene rings is 1. The highest BCUT2D eigenvalue weighted by atomic mass is 35.5. The largest absolute Gasteiger partial charge is 0.384 e. The zero-order chi connectivity index (χ0) is 12.4. The molecule has 1 unspecified atom stereocenters. The Morgan fingerprint density at radius 1 is 1.24 bits per heavy atom. The van der Waals surface area contributed by atoms with Crippen molar-refractivity contribution in [2.45, 2.75) is 20.0 Å². The molecule has 0 amide bonds. The van der Waals surface area contributed by atoms with Gasteiger partial charge in [-0.2, -0.15) is 0 Å². The lowest BCUT2D eigenvalue weighted by atomic mass is 10.00. The molecule has 0 aliphatic rings. The van der Waals surface area contributed by atoms with Gasteiger partial charge in [0.2, 0.25) is 0 Å². The van der Waals surface area contributed by atoms with Crippen molar-refractivity contribution in [2.24, 2.45) is 0 Å². The van der Waals surface area contributed by atoms with Crippen molar-refractivity contribution in [3.8, 4) is 0 Å². The normalized spacial score (nSPS) is 12.5. The number of aliphatic hydroxyl groups is 1. The van der Waals surface area contributed by atoms with E-state index in [2.05, 4.69) is 4.98 Å². The van der Waals surface area contributed by atoms with Crippen molar-refractivity contribution >= 4 is 11.6 Å². The average Bonchev–Trinajstić information content (AvgIpc) is 2.32. The molecule has 0 aliphatic carbocycles. The minimum Gasteiger partial charge on any atom is -0.384 e. The molecule has 2 nitrogen and oxygen atoms in total. The Labute approximate surface area is 106 Å². The standard InChI is InChI=1S/C14H14ClNO/c1-9-5-6-11(8-13(9)15)14(17)12-4-3-7-16-10(12)2/h3-8,14,17H,1-2H3. The Hall–Kier alpha value is -1.38. The van der Waals surface area contributed by atoms with Gasteiger partial charge in [-0.25, -0.2) is 0 Å². The first-order valence-corrected chi connectivity index (χ1v) is 5.83. The maximum Gasteiger partial charge on any atom is 0.106 e. The Kier molecular flexibility index (Phi) is 3.46. The average molecular weight is 248 g/mol. The van der Waals surface area contributed by atoms with Gasteiger partial charge in [-0.15, -0.1) is 0 Å². The van der Waals surface area contributed by atoms with E-state index in [1.165, 1.54) is 0 Å². The van der Waals surface area contributed by atoms with Gasteiger partial charge in [0.15, 0.2) is 0 Å². The number of aromatic nitrogens is 1. The molecule has 1 atom stereocenters. The van der Waals surface area contributed by atoms with Crippen LogP contribution in [-0.4, -0.2) is 10.1 Å². The van der Waals surface area contributed by atoms with Gasteiger partial charge in [-0.3, -0.25) is 4.98 Å². The third-order valence-electron chi connectivity index (χ3n) is 2.85. The van der Waals surface area contributed by atoms with Crippen molar-refractivity contribution in [3.05, 3.63) is 63.9 Å². The van der Waals surface area contributed by atoms with E-state index in [-0.39, 0.29) is 0 Å². The van der Waals surface area contributed by atoms with E-state index in [4.69, 9.17) is 11.6 Å². The van der Waals surface area contributed by atoms with E-state index in [0.717, 1.165) is 22.4 Å². The fourth-order valence-electron chi connectivity index (χ4n) is 1.74. The summed E-state index contributed by atoms with van der Waals surface area (Å²) in [5.41, 5.74) is 3.44. The predicted octanol–water partition coefficient (Wildman–Crippen LogP) is 3.43. The summed E-state index contributed by atoms with van der Waals surface area (Å²) in [4.78, 5) is 4.17. The Balaban J connectivity index is 2.40. The molecule has 0 radical (unpaired) electrons. The number of pyridine rings is 1. The number of nitrogens with zero attached hydrogens (tertiary/aromatic N) is 1. The van der Waals surface area contributed by atoms with Gasteiger partial charge in [0, 0.05) is 22.5 Å². The van der Waals surface area contributed by atoms with E-state index in [9.17, 15) is 5.11 Å². The molecule has 17 heavy (non-hydrogen) atoms. The molecule has 1 aromatic carbocycles. The van der Waals surface area contributed by atoms with Crippen molar-refractivity contribution in [1.82, 2.24) is 4.98 Å². The summed E-state index contributed by atoms with van der Waals surface area (Å²) in [6, 6.07) is 9.29. The van der Waals surface area contributed by atoms with Gasteiger partial charge in [0.25, 0.3) is 0 Å². The number of halogens is 1. The number of hydrogen-bond donors (Lipinski definition) is 1. The molecule has 1 aromatic heterocycles. The maximum absolute atomic E-state index is 10.3. The van der Waals surface area contributed by atoms with Crippen LogP contribution in [0.4, 0.5) is 0 Å². The van der Waals surface area contributed by atoms with Crippen molar-refractivity contribution in [3.63, 3.8) is 0 Å². The summed E-state index contributed by atoms with van der Waals surface area (Å²) in [7, 11) is 0. The van der Waals surface area contributed by atoms with Crippen LogP contribution in [0.1, 0.15) is 28.5 Å². The molecule has 0 spiro atoms. The Morgan fingerprint density at radius 2 is 2.00 bits per heavy atom. The molecule has 88 valence electrons. The summed E-state index contributed by atoms with van der Waals surface area (Å²) in [5.74, 6) is 0. The second kappa shape index (κ2) is 4.86. The number of rotatable bonds is 2. The molecular formula is C14H14ClNO. The van der Waals surface area contributed by atoms with Gasteiger partial charge in [-0.05, 0) is 37.1 Å². The first kappa shape index (κ1) is 12.1. The Bertz CT molecular complexity index is 539. The fraction of sp³-hybridized carbons (Fsp3) is 0.214. The minimum absolute atomic E-state index is 0.670. The molecule has 2 rings (SSSR count). The van der Waals surface area contributed by atoms with Crippen LogP contribution in [0.3, 0.4) is 0 Å². The number of aliphatic hydroxyl groups excluding tert-OH is 1. The van der Waals surface area contributed by atoms with Crippen LogP contribution in [0.5, 0.6) is 0 Å². The molecule has 0 fully saturated rings. The minimum atomic E-state index is -0.679. The highest BCUT2D eigenvalue weighted by Gasteiger charge is 2.13. The highest BCUT2D eigenvalue weighted by Crippen LogP contribution is 2.27. The topological polar surface area (TPSA) is 33.1 Å². The highest BCUT2D eigenvalue weighted by molar-refractivity contribution is 6.31. The lowest BCUT2D eigenvalue weighted by Crippen LogP contribution is -2.03. The zero-order valence-electron chi connectivity index (χ0n) is 9.81. The first-order chi connectivity index (χ1) is 8.09. The summed E-state index contributed by atoms with van der Waals surface area (Å²) in [5, 5.41) is 11.0. The van der Waals surface area contributed by atoms with E-state index >= 15 is 0 Å². The molecule has 0 bridgehead atoms. The molecule has 3 heteroatoms. The summed E-state index contributed by atoms with van der Waals surface area (Å²) in [6.45, 7) is 3.82. The molecule has 1 N–H and O–H groups in total. The molecule has 2 aromatic rings. The Morgan fingerprint density at radius 3 is 2.65 bits per heavy atom. The summed E-state index contributed by atoms with van der Waals surface area (Å²) >= 11 is 6.06. The lowest BCUT2D eigenvalue weighted by molar-refractivity contribution is 0.219. The van der Waals surface area contributed by atoms with E-state index in [1.807, 2.05) is 38.1 Å². The van der Waals surface area contributed by atoms with E-state index < -0.39 is 6.10 Å². The molecule has 0 aliphatic heterocycles. The maximum atomic E-state index is 10.3. The predicted molar refractivity (Wildman–Crippen MR) is 69.2 cm³/mol. The van der Waals surface area contributed by atoms with E-state index in [0.29, 0.717) is 5.02 Å².